The Kier molecular flexibility index (Phi) is 7.74. The van der Waals surface area contributed by atoms with Gasteiger partial charge in [-0.2, -0.15) is 0 Å². The molecule has 1 saturated heterocycles. The van der Waals surface area contributed by atoms with Crippen LogP contribution in [0.3, 0.4) is 0 Å². The van der Waals surface area contributed by atoms with E-state index in [9.17, 15) is 40.2 Å². The number of hydrogen-bond donors (Lipinski definition) is 6. The van der Waals surface area contributed by atoms with Gasteiger partial charge >= 0.3 is 5.97 Å². The third-order valence-electron chi connectivity index (χ3n) is 6.05. The van der Waals surface area contributed by atoms with Crippen LogP contribution in [0.15, 0.2) is 33.5 Å². The smallest absolute Gasteiger partial charge is 0.302 e. The van der Waals surface area contributed by atoms with Gasteiger partial charge in [-0.1, -0.05) is 0 Å². The highest BCUT2D eigenvalue weighted by Crippen LogP contribution is 2.44. The molecule has 39 heavy (non-hydrogen) atoms. The molecule has 4 rings (SSSR count). The van der Waals surface area contributed by atoms with Crippen molar-refractivity contribution < 1.29 is 63.5 Å². The van der Waals surface area contributed by atoms with Gasteiger partial charge in [0.15, 0.2) is 28.6 Å². The van der Waals surface area contributed by atoms with Gasteiger partial charge in [-0.05, 0) is 18.2 Å². The number of fused-ring (bicyclic) bond motifs is 1. The average Bonchev–Trinajstić information content (AvgIpc) is 2.90. The summed E-state index contributed by atoms with van der Waals surface area (Å²) in [5, 5.41) is 61.6. The number of rotatable bonds is 7. The highest BCUT2D eigenvalue weighted by molar-refractivity contribution is 5.93. The fraction of sp³-hybridized carbons (Fsp3) is 0.360. The van der Waals surface area contributed by atoms with Gasteiger partial charge in [-0.15, -0.1) is 0 Å². The van der Waals surface area contributed by atoms with Crippen LogP contribution in [0.1, 0.15) is 6.92 Å². The zero-order chi connectivity index (χ0) is 28.6. The number of phenols is 2. The zero-order valence-electron chi connectivity index (χ0n) is 20.9. The second-order valence-corrected chi connectivity index (χ2v) is 8.56. The third kappa shape index (κ3) is 5.09. The quantitative estimate of drug-likeness (QED) is 0.219. The number of aliphatic hydroxyl groups is 3. The number of phenolic OH excluding ortho intramolecular Hbond substituents is 2. The Balaban J connectivity index is 1.81. The van der Waals surface area contributed by atoms with E-state index in [1.54, 1.807) is 0 Å². The normalized spacial score (nSPS) is 22.9. The van der Waals surface area contributed by atoms with Crippen LogP contribution in [-0.2, 0) is 14.3 Å². The van der Waals surface area contributed by atoms with Crippen molar-refractivity contribution in [3.63, 3.8) is 0 Å². The van der Waals surface area contributed by atoms with E-state index in [1.165, 1.54) is 32.4 Å². The molecule has 14 nitrogen and oxygen atoms in total. The molecule has 1 fully saturated rings. The topological polar surface area (TPSA) is 215 Å². The first-order valence-electron chi connectivity index (χ1n) is 11.4. The van der Waals surface area contributed by atoms with Crippen molar-refractivity contribution in [2.45, 2.75) is 37.6 Å². The van der Waals surface area contributed by atoms with Crippen molar-refractivity contribution in [3.8, 4) is 45.8 Å². The third-order valence-corrected chi connectivity index (χ3v) is 6.05. The van der Waals surface area contributed by atoms with Crippen LogP contribution < -0.4 is 19.6 Å². The number of esters is 1. The van der Waals surface area contributed by atoms with E-state index >= 15 is 0 Å². The van der Waals surface area contributed by atoms with E-state index in [1.807, 2.05) is 0 Å². The van der Waals surface area contributed by atoms with Gasteiger partial charge < -0.3 is 58.7 Å². The Morgan fingerprint density at radius 2 is 1.67 bits per heavy atom. The summed E-state index contributed by atoms with van der Waals surface area (Å²) in [5.74, 6) is -3.34. The van der Waals surface area contributed by atoms with Crippen LogP contribution >= 0.6 is 0 Å². The molecule has 0 amide bonds. The first-order chi connectivity index (χ1) is 18.5. The van der Waals surface area contributed by atoms with Crippen molar-refractivity contribution in [2.75, 3.05) is 20.8 Å². The minimum absolute atomic E-state index is 0.0222. The summed E-state index contributed by atoms with van der Waals surface area (Å²) < 4.78 is 32.2. The molecule has 5 atom stereocenters. The number of carbonyl (C=O) groups is 1. The first kappa shape index (κ1) is 27.8. The predicted octanol–water partition coefficient (Wildman–Crippen LogP) is 0.343. The van der Waals surface area contributed by atoms with Gasteiger partial charge in [0.05, 0.1) is 14.2 Å². The number of methoxy groups -OCH3 is 2. The molecule has 2 heterocycles. The number of benzene rings is 2. The predicted molar refractivity (Wildman–Crippen MR) is 130 cm³/mol. The Morgan fingerprint density at radius 1 is 0.949 bits per heavy atom. The monoisotopic (exact) mass is 550 g/mol. The highest BCUT2D eigenvalue weighted by Gasteiger charge is 2.46. The van der Waals surface area contributed by atoms with Crippen molar-refractivity contribution in [3.05, 3.63) is 34.5 Å². The van der Waals surface area contributed by atoms with Crippen molar-refractivity contribution in [1.29, 1.82) is 0 Å². The highest BCUT2D eigenvalue weighted by atomic mass is 16.7. The second kappa shape index (κ2) is 10.9. The van der Waals surface area contributed by atoms with Gasteiger partial charge in [0, 0.05) is 18.6 Å². The molecule has 2 aromatic carbocycles. The van der Waals surface area contributed by atoms with Crippen LogP contribution in [0.25, 0.3) is 22.3 Å². The Bertz CT molecular complexity index is 1450. The summed E-state index contributed by atoms with van der Waals surface area (Å²) in [4.78, 5) is 24.2. The van der Waals surface area contributed by atoms with E-state index in [0.717, 1.165) is 13.0 Å². The Hall–Kier alpha value is -4.24. The Labute approximate surface area is 219 Å². The minimum Gasteiger partial charge on any atom is -0.507 e. The lowest BCUT2D eigenvalue weighted by molar-refractivity contribution is -0.278. The number of carbonyl (C=O) groups excluding carboxylic acids is 1. The molecule has 6 N–H and O–H groups in total. The van der Waals surface area contributed by atoms with Crippen LogP contribution in [0, 0.1) is 0 Å². The first-order valence-corrected chi connectivity index (χ1v) is 11.4. The Morgan fingerprint density at radius 3 is 2.31 bits per heavy atom. The van der Waals surface area contributed by atoms with Crippen LogP contribution in [0.2, 0.25) is 0 Å². The van der Waals surface area contributed by atoms with Gasteiger partial charge in [0.1, 0.15) is 42.2 Å². The van der Waals surface area contributed by atoms with Gasteiger partial charge in [-0.3, -0.25) is 9.59 Å². The molecule has 0 unspecified atom stereocenters. The molecule has 0 aliphatic carbocycles. The van der Waals surface area contributed by atoms with Gasteiger partial charge in [0.25, 0.3) is 0 Å². The maximum atomic E-state index is 13.0. The molecular weight excluding hydrogens is 524 g/mol. The fourth-order valence-electron chi connectivity index (χ4n) is 4.06. The number of aliphatic hydroxyl groups excluding tert-OH is 3. The average molecular weight is 550 g/mol. The molecule has 1 aliphatic rings. The fourth-order valence-corrected chi connectivity index (χ4v) is 4.06. The van der Waals surface area contributed by atoms with E-state index in [4.69, 9.17) is 28.1 Å². The molecule has 0 spiro atoms. The summed E-state index contributed by atoms with van der Waals surface area (Å²) in [6, 6.07) is 4.83. The maximum absolute atomic E-state index is 13.0. The summed E-state index contributed by atoms with van der Waals surface area (Å²) in [6.07, 6.45) is -8.15. The summed E-state index contributed by atoms with van der Waals surface area (Å²) >= 11 is 0. The molecule has 1 aromatic heterocycles. The van der Waals surface area contributed by atoms with E-state index in [-0.39, 0.29) is 39.9 Å². The molecular formula is C25H26O14. The van der Waals surface area contributed by atoms with E-state index in [2.05, 4.69) is 0 Å². The van der Waals surface area contributed by atoms with Crippen LogP contribution in [-0.4, -0.2) is 88.1 Å². The summed E-state index contributed by atoms with van der Waals surface area (Å²) in [7, 11) is 2.49. The van der Waals surface area contributed by atoms with Crippen molar-refractivity contribution in [1.82, 2.24) is 0 Å². The van der Waals surface area contributed by atoms with E-state index in [0.29, 0.717) is 0 Å². The molecule has 0 saturated carbocycles. The lowest BCUT2D eigenvalue weighted by Gasteiger charge is -2.40. The molecule has 3 aromatic rings. The maximum Gasteiger partial charge on any atom is 0.302 e. The van der Waals surface area contributed by atoms with Crippen LogP contribution in [0.4, 0.5) is 0 Å². The van der Waals surface area contributed by atoms with E-state index < -0.39 is 65.6 Å². The molecule has 14 heteroatoms. The van der Waals surface area contributed by atoms with Gasteiger partial charge in [0.2, 0.25) is 23.2 Å². The summed E-state index contributed by atoms with van der Waals surface area (Å²) in [6.45, 7) is 0.666. The largest absolute Gasteiger partial charge is 0.507 e. The molecule has 210 valence electrons. The van der Waals surface area contributed by atoms with Crippen molar-refractivity contribution >= 4 is 16.9 Å². The molecule has 1 aliphatic heterocycles. The number of hydrogen-bond acceptors (Lipinski definition) is 14. The number of ether oxygens (including phenoxy) is 5. The standard InChI is InChI=1S/C25H26O14/c1-9(26)36-8-15-17(29)19(31)21(33)25(38-15)37-14-7-12(28)16-18(30)20(32)22(39-24(16)23(14)35-3)10-4-5-11(27)13(6-10)34-2/h4-7,15,17,19,21,25,27-29,31-33H,8H2,1-3H3/t15-,17+,19-,21+,25+/m0/s1. The van der Waals surface area contributed by atoms with Crippen LogP contribution in [0.5, 0.6) is 34.5 Å². The minimum atomic E-state index is -1.80. The lowest BCUT2D eigenvalue weighted by Crippen LogP contribution is -2.60. The summed E-state index contributed by atoms with van der Waals surface area (Å²) in [5.41, 5.74) is -1.25. The number of aromatic hydroxyl groups is 3. The SMILES string of the molecule is COc1cc(-c2oc3c(OC)c(O[C@@H]4O[C@@H](COC(C)=O)[C@@H](O)[C@H](O)[C@H]4O)cc(O)c3c(=O)c2O)ccc1O. The molecule has 0 bridgehead atoms. The molecule has 0 radical (unpaired) electrons. The lowest BCUT2D eigenvalue weighted by atomic mass is 9.99. The second-order valence-electron chi connectivity index (χ2n) is 8.56. The van der Waals surface area contributed by atoms with Crippen molar-refractivity contribution in [2.24, 2.45) is 0 Å². The zero-order valence-corrected chi connectivity index (χ0v) is 20.9. The van der Waals surface area contributed by atoms with Gasteiger partial charge in [-0.25, -0.2) is 0 Å².